The number of hydrogen-bond donors (Lipinski definition) is 2. The summed E-state index contributed by atoms with van der Waals surface area (Å²) in [6.45, 7) is 0. The Morgan fingerprint density at radius 1 is 1.38 bits per heavy atom. The molecule has 16 heavy (non-hydrogen) atoms. The lowest BCUT2D eigenvalue weighted by Crippen LogP contribution is -2.22. The van der Waals surface area contributed by atoms with Crippen LogP contribution in [-0.2, 0) is 10.0 Å². The molecule has 5 nitrogen and oxygen atoms in total. The average molecular weight is 261 g/mol. The van der Waals surface area contributed by atoms with E-state index in [2.05, 4.69) is 12.6 Å². The van der Waals surface area contributed by atoms with E-state index in [0.29, 0.717) is 0 Å². The molecule has 0 radical (unpaired) electrons. The summed E-state index contributed by atoms with van der Waals surface area (Å²) >= 11 is 3.94. The third-order valence-electron chi connectivity index (χ3n) is 1.98. The van der Waals surface area contributed by atoms with Crippen molar-refractivity contribution in [3.63, 3.8) is 0 Å². The number of carboxylic acid groups (broad SMARTS) is 1. The maximum absolute atomic E-state index is 11.7. The van der Waals surface area contributed by atoms with Crippen LogP contribution in [0.5, 0.6) is 0 Å². The number of carboxylic acids is 1. The smallest absolute Gasteiger partial charge is 0.336 e. The van der Waals surface area contributed by atoms with Crippen LogP contribution in [0.4, 0.5) is 0 Å². The fourth-order valence-electron chi connectivity index (χ4n) is 1.06. The van der Waals surface area contributed by atoms with Gasteiger partial charge in [0.1, 0.15) is 0 Å². The Labute approximate surface area is 99.2 Å². The van der Waals surface area contributed by atoms with Gasteiger partial charge in [-0.3, -0.25) is 0 Å². The fraction of sp³-hybridized carbons (Fsp3) is 0.222. The van der Waals surface area contributed by atoms with Gasteiger partial charge in [0.15, 0.2) is 0 Å². The topological polar surface area (TPSA) is 74.7 Å². The number of carbonyl (C=O) groups is 1. The Morgan fingerprint density at radius 3 is 2.38 bits per heavy atom. The van der Waals surface area contributed by atoms with Crippen LogP contribution in [0.1, 0.15) is 10.4 Å². The third-order valence-corrected chi connectivity index (χ3v) is 4.18. The van der Waals surface area contributed by atoms with Crippen molar-refractivity contribution < 1.29 is 18.3 Å². The molecule has 1 rings (SSSR count). The van der Waals surface area contributed by atoms with E-state index in [1.54, 1.807) is 0 Å². The van der Waals surface area contributed by atoms with E-state index in [1.165, 1.54) is 26.2 Å². The van der Waals surface area contributed by atoms with Gasteiger partial charge in [-0.2, -0.15) is 0 Å². The highest BCUT2D eigenvalue weighted by Gasteiger charge is 2.19. The second-order valence-corrected chi connectivity index (χ2v) is 5.91. The fourth-order valence-corrected chi connectivity index (χ4v) is 2.22. The first-order chi connectivity index (χ1) is 7.26. The summed E-state index contributed by atoms with van der Waals surface area (Å²) in [5, 5.41) is 8.84. The summed E-state index contributed by atoms with van der Waals surface area (Å²) < 4.78 is 24.5. The third kappa shape index (κ3) is 2.37. The van der Waals surface area contributed by atoms with Gasteiger partial charge in [-0.15, -0.1) is 12.6 Å². The van der Waals surface area contributed by atoms with E-state index < -0.39 is 16.0 Å². The first-order valence-corrected chi connectivity index (χ1v) is 6.14. The molecule has 0 saturated carbocycles. The van der Waals surface area contributed by atoms with E-state index in [-0.39, 0.29) is 15.4 Å². The van der Waals surface area contributed by atoms with Crippen LogP contribution in [0.3, 0.4) is 0 Å². The summed E-state index contributed by atoms with van der Waals surface area (Å²) in [7, 11) is -0.855. The molecule has 0 fully saturated rings. The molecule has 0 aromatic heterocycles. The molecule has 0 amide bonds. The minimum atomic E-state index is -3.61. The lowest BCUT2D eigenvalue weighted by Gasteiger charge is -2.12. The van der Waals surface area contributed by atoms with Crippen molar-refractivity contribution in [3.8, 4) is 0 Å². The molecule has 0 spiro atoms. The molecule has 88 valence electrons. The van der Waals surface area contributed by atoms with Crippen LogP contribution < -0.4 is 0 Å². The number of sulfonamides is 1. The molecular weight excluding hydrogens is 250 g/mol. The molecule has 0 saturated heterocycles. The number of thiol groups is 1. The van der Waals surface area contributed by atoms with Crippen LogP contribution in [0, 0.1) is 0 Å². The van der Waals surface area contributed by atoms with E-state index >= 15 is 0 Å². The van der Waals surface area contributed by atoms with Gasteiger partial charge in [0.2, 0.25) is 10.0 Å². The summed E-state index contributed by atoms with van der Waals surface area (Å²) in [5.41, 5.74) is -0.133. The van der Waals surface area contributed by atoms with Gasteiger partial charge in [-0.25, -0.2) is 17.5 Å². The number of hydrogen-bond acceptors (Lipinski definition) is 4. The summed E-state index contributed by atoms with van der Waals surface area (Å²) in [5.74, 6) is -1.21. The quantitative estimate of drug-likeness (QED) is 0.794. The van der Waals surface area contributed by atoms with Gasteiger partial charge in [0, 0.05) is 19.0 Å². The van der Waals surface area contributed by atoms with Gasteiger partial charge in [0.25, 0.3) is 0 Å². The highest BCUT2D eigenvalue weighted by Crippen LogP contribution is 2.20. The predicted octanol–water partition coefficient (Wildman–Crippen LogP) is 0.924. The average Bonchev–Trinajstić information content (AvgIpc) is 2.17. The summed E-state index contributed by atoms with van der Waals surface area (Å²) in [6.07, 6.45) is 0. The highest BCUT2D eigenvalue weighted by atomic mass is 32.2. The monoisotopic (exact) mass is 261 g/mol. The van der Waals surface area contributed by atoms with Crippen molar-refractivity contribution in [2.75, 3.05) is 14.1 Å². The molecule has 1 N–H and O–H groups in total. The molecule has 0 atom stereocenters. The molecule has 0 aliphatic heterocycles. The normalized spacial score (nSPS) is 11.8. The molecule has 0 heterocycles. The minimum Gasteiger partial charge on any atom is -0.478 e. The summed E-state index contributed by atoms with van der Waals surface area (Å²) in [6, 6.07) is 3.77. The lowest BCUT2D eigenvalue weighted by atomic mass is 10.2. The number of nitrogens with zero attached hydrogens (tertiary/aromatic N) is 1. The molecule has 1 aromatic rings. The van der Waals surface area contributed by atoms with Crippen LogP contribution in [-0.4, -0.2) is 37.9 Å². The van der Waals surface area contributed by atoms with Crippen LogP contribution in [0.25, 0.3) is 0 Å². The van der Waals surface area contributed by atoms with Crippen LogP contribution in [0.2, 0.25) is 0 Å². The van der Waals surface area contributed by atoms with Crippen molar-refractivity contribution >= 4 is 28.6 Å². The summed E-state index contributed by atoms with van der Waals surface area (Å²) in [4.78, 5) is 11.0. The molecule has 0 aliphatic carbocycles. The van der Waals surface area contributed by atoms with Gasteiger partial charge in [-0.1, -0.05) is 0 Å². The van der Waals surface area contributed by atoms with E-state index in [1.807, 2.05) is 0 Å². The van der Waals surface area contributed by atoms with Gasteiger partial charge in [-0.05, 0) is 18.2 Å². The minimum absolute atomic E-state index is 0.0623. The van der Waals surface area contributed by atoms with Crippen molar-refractivity contribution in [1.29, 1.82) is 0 Å². The largest absolute Gasteiger partial charge is 0.478 e. The van der Waals surface area contributed by atoms with Gasteiger partial charge in [0.05, 0.1) is 10.5 Å². The number of benzene rings is 1. The maximum Gasteiger partial charge on any atom is 0.336 e. The zero-order valence-electron chi connectivity index (χ0n) is 8.71. The first-order valence-electron chi connectivity index (χ1n) is 4.25. The molecule has 7 heteroatoms. The number of rotatable bonds is 3. The van der Waals surface area contributed by atoms with Crippen molar-refractivity contribution in [2.45, 2.75) is 9.79 Å². The number of aromatic carboxylic acids is 1. The van der Waals surface area contributed by atoms with Crippen LogP contribution in [0.15, 0.2) is 28.0 Å². The Balaban J connectivity index is 3.40. The Bertz CT molecular complexity index is 522. The predicted molar refractivity (Wildman–Crippen MR) is 61.5 cm³/mol. The molecule has 0 bridgehead atoms. The van der Waals surface area contributed by atoms with Crippen molar-refractivity contribution in [3.05, 3.63) is 23.8 Å². The lowest BCUT2D eigenvalue weighted by molar-refractivity contribution is 0.0693. The van der Waals surface area contributed by atoms with Crippen LogP contribution >= 0.6 is 12.6 Å². The molecule has 1 aromatic carbocycles. The second-order valence-electron chi connectivity index (χ2n) is 3.27. The van der Waals surface area contributed by atoms with Crippen molar-refractivity contribution in [1.82, 2.24) is 4.31 Å². The highest BCUT2D eigenvalue weighted by molar-refractivity contribution is 7.89. The van der Waals surface area contributed by atoms with E-state index in [0.717, 1.165) is 10.4 Å². The SMILES string of the molecule is CN(C)S(=O)(=O)c1ccc(S)c(C(=O)O)c1. The first kappa shape index (κ1) is 13.0. The molecular formula is C9H11NO4S2. The zero-order valence-corrected chi connectivity index (χ0v) is 10.4. The molecule has 0 aliphatic rings. The van der Waals surface area contributed by atoms with Gasteiger partial charge < -0.3 is 5.11 Å². The zero-order chi connectivity index (χ0) is 12.5. The van der Waals surface area contributed by atoms with E-state index in [4.69, 9.17) is 5.11 Å². The second kappa shape index (κ2) is 4.44. The Hall–Kier alpha value is -1.05. The molecule has 0 unspecified atom stereocenters. The Morgan fingerprint density at radius 2 is 1.94 bits per heavy atom. The Kier molecular flexibility index (Phi) is 3.61. The van der Waals surface area contributed by atoms with Crippen molar-refractivity contribution in [2.24, 2.45) is 0 Å². The van der Waals surface area contributed by atoms with Gasteiger partial charge >= 0.3 is 5.97 Å². The maximum atomic E-state index is 11.7. The standard InChI is InChI=1S/C9H11NO4S2/c1-10(2)16(13,14)6-3-4-8(15)7(5-6)9(11)12/h3-5,15H,1-2H3,(H,11,12). The van der Waals surface area contributed by atoms with E-state index in [9.17, 15) is 13.2 Å².